The number of anilines is 1. The zero-order valence-electron chi connectivity index (χ0n) is 11.9. The van der Waals surface area contributed by atoms with Crippen LogP contribution in [0.1, 0.15) is 37.8 Å². The summed E-state index contributed by atoms with van der Waals surface area (Å²) in [5, 5.41) is 3.18. The Morgan fingerprint density at radius 3 is 2.89 bits per heavy atom. The Hall–Kier alpha value is -1.09. The molecule has 2 aliphatic rings. The van der Waals surface area contributed by atoms with Gasteiger partial charge in [0.2, 0.25) is 0 Å². The monoisotopic (exact) mass is 259 g/mol. The van der Waals surface area contributed by atoms with Crippen LogP contribution in [0.5, 0.6) is 0 Å². The molecule has 0 spiro atoms. The first-order chi connectivity index (χ1) is 9.36. The van der Waals surface area contributed by atoms with E-state index in [2.05, 4.69) is 28.4 Å². The van der Waals surface area contributed by atoms with E-state index < -0.39 is 0 Å². The van der Waals surface area contributed by atoms with Crippen molar-refractivity contribution in [3.05, 3.63) is 23.9 Å². The Morgan fingerprint density at radius 1 is 1.21 bits per heavy atom. The number of hydrogen-bond donors (Lipinski definition) is 1. The summed E-state index contributed by atoms with van der Waals surface area (Å²) in [5.74, 6) is 3.08. The lowest BCUT2D eigenvalue weighted by atomic mass is 9.75. The molecule has 0 amide bonds. The zero-order valence-corrected chi connectivity index (χ0v) is 11.9. The molecule has 0 aromatic carbocycles. The average Bonchev–Trinajstić information content (AvgIpc) is 2.47. The normalized spacial score (nSPS) is 27.1. The third-order valence-electron chi connectivity index (χ3n) is 4.77. The second kappa shape index (κ2) is 5.91. The minimum Gasteiger partial charge on any atom is -0.356 e. The Bertz CT molecular complexity index is 418. The van der Waals surface area contributed by atoms with Gasteiger partial charge in [0.25, 0.3) is 0 Å². The van der Waals surface area contributed by atoms with Crippen molar-refractivity contribution in [1.29, 1.82) is 0 Å². The molecule has 3 nitrogen and oxygen atoms in total. The van der Waals surface area contributed by atoms with Crippen molar-refractivity contribution in [3.8, 4) is 0 Å². The van der Waals surface area contributed by atoms with Gasteiger partial charge < -0.3 is 10.2 Å². The van der Waals surface area contributed by atoms with E-state index >= 15 is 0 Å². The maximum atomic E-state index is 4.79. The Labute approximate surface area is 116 Å². The van der Waals surface area contributed by atoms with E-state index in [0.717, 1.165) is 24.1 Å². The smallest absolute Gasteiger partial charge is 0.128 e. The highest BCUT2D eigenvalue weighted by Gasteiger charge is 2.31. The Kier molecular flexibility index (Phi) is 4.02. The van der Waals surface area contributed by atoms with Gasteiger partial charge in [-0.25, -0.2) is 4.98 Å². The van der Waals surface area contributed by atoms with Crippen LogP contribution in [0, 0.1) is 11.8 Å². The average molecular weight is 259 g/mol. The van der Waals surface area contributed by atoms with E-state index in [1.54, 1.807) is 0 Å². The summed E-state index contributed by atoms with van der Waals surface area (Å²) in [6.07, 6.45) is 7.14. The third-order valence-corrected chi connectivity index (χ3v) is 4.77. The van der Waals surface area contributed by atoms with Crippen LogP contribution >= 0.6 is 0 Å². The molecule has 2 fully saturated rings. The van der Waals surface area contributed by atoms with Crippen LogP contribution in [0.4, 0.5) is 5.82 Å². The molecule has 104 valence electrons. The van der Waals surface area contributed by atoms with Crippen LogP contribution < -0.4 is 10.2 Å². The van der Waals surface area contributed by atoms with Gasteiger partial charge in [0, 0.05) is 19.6 Å². The van der Waals surface area contributed by atoms with Gasteiger partial charge in [0.1, 0.15) is 5.82 Å². The molecule has 0 radical (unpaired) electrons. The van der Waals surface area contributed by atoms with Gasteiger partial charge in [-0.2, -0.15) is 0 Å². The van der Waals surface area contributed by atoms with E-state index in [1.165, 1.54) is 51.0 Å². The van der Waals surface area contributed by atoms with Crippen LogP contribution in [0.3, 0.4) is 0 Å². The molecule has 1 N–H and O–H groups in total. The molecule has 2 unspecified atom stereocenters. The molecule has 2 heterocycles. The molecular weight excluding hydrogens is 234 g/mol. The molecule has 1 aliphatic carbocycles. The fraction of sp³-hybridized carbons (Fsp3) is 0.688. The van der Waals surface area contributed by atoms with Crippen LogP contribution in [-0.2, 0) is 6.54 Å². The van der Waals surface area contributed by atoms with Crippen LogP contribution in [0.25, 0.3) is 0 Å². The second-order valence-corrected chi connectivity index (χ2v) is 6.06. The van der Waals surface area contributed by atoms with Gasteiger partial charge in [0.05, 0.1) is 5.69 Å². The van der Waals surface area contributed by atoms with E-state index in [0.29, 0.717) is 0 Å². The zero-order chi connectivity index (χ0) is 13.1. The van der Waals surface area contributed by atoms with Crippen LogP contribution in [0.2, 0.25) is 0 Å². The molecule has 2 atom stereocenters. The summed E-state index contributed by atoms with van der Waals surface area (Å²) in [7, 11) is 1.97. The Morgan fingerprint density at radius 2 is 2.05 bits per heavy atom. The van der Waals surface area contributed by atoms with E-state index in [1.807, 2.05) is 7.05 Å². The number of rotatable bonds is 3. The van der Waals surface area contributed by atoms with Crippen molar-refractivity contribution in [2.24, 2.45) is 11.8 Å². The summed E-state index contributed by atoms with van der Waals surface area (Å²) < 4.78 is 0. The SMILES string of the molecule is CNCc1cccc(N2CCC3CCCCC3C2)n1. The van der Waals surface area contributed by atoms with Crippen molar-refractivity contribution in [3.63, 3.8) is 0 Å². The predicted molar refractivity (Wildman–Crippen MR) is 79.3 cm³/mol. The van der Waals surface area contributed by atoms with Gasteiger partial charge in [-0.05, 0) is 43.9 Å². The number of nitrogens with zero attached hydrogens (tertiary/aromatic N) is 2. The van der Waals surface area contributed by atoms with E-state index in [4.69, 9.17) is 4.98 Å². The molecule has 1 saturated heterocycles. The maximum absolute atomic E-state index is 4.79. The molecule has 1 saturated carbocycles. The Balaban J connectivity index is 1.70. The van der Waals surface area contributed by atoms with Crippen LogP contribution in [0.15, 0.2) is 18.2 Å². The van der Waals surface area contributed by atoms with Crippen molar-refractivity contribution in [2.75, 3.05) is 25.0 Å². The lowest BCUT2D eigenvalue weighted by molar-refractivity contribution is 0.202. The number of fused-ring (bicyclic) bond motifs is 1. The van der Waals surface area contributed by atoms with E-state index in [9.17, 15) is 0 Å². The van der Waals surface area contributed by atoms with Crippen molar-refractivity contribution in [1.82, 2.24) is 10.3 Å². The molecular formula is C16H25N3. The minimum absolute atomic E-state index is 0.855. The molecule has 3 heteroatoms. The maximum Gasteiger partial charge on any atom is 0.128 e. The summed E-state index contributed by atoms with van der Waals surface area (Å²) in [4.78, 5) is 7.29. The molecule has 1 aromatic heterocycles. The summed E-state index contributed by atoms with van der Waals surface area (Å²) >= 11 is 0. The quantitative estimate of drug-likeness (QED) is 0.904. The summed E-state index contributed by atoms with van der Waals surface area (Å²) in [6.45, 7) is 3.27. The van der Waals surface area contributed by atoms with Gasteiger partial charge >= 0.3 is 0 Å². The first-order valence-corrected chi connectivity index (χ1v) is 7.72. The standard InChI is InChI=1S/C16H25N3/c1-17-11-15-7-4-8-16(18-15)19-10-9-13-5-2-3-6-14(13)12-19/h4,7-8,13-14,17H,2-3,5-6,9-12H2,1H3. The lowest BCUT2D eigenvalue weighted by Gasteiger charge is -2.41. The largest absolute Gasteiger partial charge is 0.356 e. The first-order valence-electron chi connectivity index (χ1n) is 7.72. The summed E-state index contributed by atoms with van der Waals surface area (Å²) in [6, 6.07) is 6.41. The molecule has 0 bridgehead atoms. The van der Waals surface area contributed by atoms with Gasteiger partial charge in [-0.3, -0.25) is 0 Å². The fourth-order valence-corrected chi connectivity index (χ4v) is 3.73. The molecule has 19 heavy (non-hydrogen) atoms. The van der Waals surface area contributed by atoms with Crippen LogP contribution in [-0.4, -0.2) is 25.1 Å². The van der Waals surface area contributed by atoms with Gasteiger partial charge in [-0.15, -0.1) is 0 Å². The fourth-order valence-electron chi connectivity index (χ4n) is 3.73. The third kappa shape index (κ3) is 2.92. The molecule has 3 rings (SSSR count). The van der Waals surface area contributed by atoms with Crippen molar-refractivity contribution < 1.29 is 0 Å². The summed E-state index contributed by atoms with van der Waals surface area (Å²) in [5.41, 5.74) is 1.14. The highest BCUT2D eigenvalue weighted by Crippen LogP contribution is 2.37. The minimum atomic E-state index is 0.855. The van der Waals surface area contributed by atoms with Crippen molar-refractivity contribution >= 4 is 5.82 Å². The number of nitrogens with one attached hydrogen (secondary N) is 1. The van der Waals surface area contributed by atoms with Gasteiger partial charge in [-0.1, -0.05) is 25.3 Å². The van der Waals surface area contributed by atoms with Crippen molar-refractivity contribution in [2.45, 2.75) is 38.6 Å². The lowest BCUT2D eigenvalue weighted by Crippen LogP contribution is -2.42. The highest BCUT2D eigenvalue weighted by molar-refractivity contribution is 5.40. The first kappa shape index (κ1) is 12.9. The predicted octanol–water partition coefficient (Wildman–Crippen LogP) is 2.82. The van der Waals surface area contributed by atoms with Gasteiger partial charge in [0.15, 0.2) is 0 Å². The number of pyridine rings is 1. The number of hydrogen-bond acceptors (Lipinski definition) is 3. The molecule has 1 aromatic rings. The second-order valence-electron chi connectivity index (χ2n) is 6.06. The van der Waals surface area contributed by atoms with E-state index in [-0.39, 0.29) is 0 Å². The topological polar surface area (TPSA) is 28.2 Å². The number of aromatic nitrogens is 1. The number of piperidine rings is 1. The molecule has 1 aliphatic heterocycles. The highest BCUT2D eigenvalue weighted by atomic mass is 15.2.